The number of pyridine rings is 1. The summed E-state index contributed by atoms with van der Waals surface area (Å²) in [5.74, 6) is 0.266. The second-order valence-corrected chi connectivity index (χ2v) is 5.41. The first-order valence-corrected chi connectivity index (χ1v) is 7.58. The Morgan fingerprint density at radius 2 is 1.96 bits per heavy atom. The number of esters is 1. The Hall–Kier alpha value is -3.08. The highest BCUT2D eigenvalue weighted by Crippen LogP contribution is 2.24. The van der Waals surface area contributed by atoms with E-state index in [0.717, 1.165) is 22.2 Å². The van der Waals surface area contributed by atoms with Gasteiger partial charge < -0.3 is 15.2 Å². The molecule has 0 unspecified atom stereocenters. The number of anilines is 1. The largest absolute Gasteiger partial charge is 0.485 e. The van der Waals surface area contributed by atoms with E-state index in [1.807, 2.05) is 36.4 Å². The van der Waals surface area contributed by atoms with Gasteiger partial charge in [-0.3, -0.25) is 4.79 Å². The van der Waals surface area contributed by atoms with Crippen LogP contribution in [0.2, 0.25) is 0 Å². The molecule has 5 nitrogen and oxygen atoms in total. The molecule has 2 N–H and O–H groups in total. The maximum absolute atomic E-state index is 11.3. The highest BCUT2D eigenvalue weighted by atomic mass is 16.5. The van der Waals surface area contributed by atoms with E-state index in [1.54, 1.807) is 18.2 Å². The van der Waals surface area contributed by atoms with Crippen LogP contribution < -0.4 is 10.5 Å². The number of nitrogen functional groups attached to an aromatic ring is 1. The Bertz CT molecular complexity index is 877. The van der Waals surface area contributed by atoms with Crippen LogP contribution in [0.15, 0.2) is 54.6 Å². The molecule has 0 spiro atoms. The van der Waals surface area contributed by atoms with Crippen LogP contribution in [0.3, 0.4) is 0 Å². The lowest BCUT2D eigenvalue weighted by atomic mass is 10.1. The van der Waals surface area contributed by atoms with E-state index < -0.39 is 0 Å². The summed E-state index contributed by atoms with van der Waals surface area (Å²) in [6.07, 6.45) is 0.188. The summed E-state index contributed by atoms with van der Waals surface area (Å²) in [5, 5.41) is 1.09. The van der Waals surface area contributed by atoms with E-state index in [9.17, 15) is 4.79 Å². The number of hydrogen-bond donors (Lipinski definition) is 1. The van der Waals surface area contributed by atoms with Crippen molar-refractivity contribution in [3.8, 4) is 5.75 Å². The number of nitrogens with two attached hydrogens (primary N) is 1. The Labute approximate surface area is 140 Å². The molecule has 3 rings (SSSR count). The summed E-state index contributed by atoms with van der Waals surface area (Å²) in [6.45, 7) is 0.325. The van der Waals surface area contributed by atoms with Crippen molar-refractivity contribution in [3.63, 3.8) is 0 Å². The first-order chi connectivity index (χ1) is 11.7. The topological polar surface area (TPSA) is 74.4 Å². The predicted molar refractivity (Wildman–Crippen MR) is 92.6 cm³/mol. The number of nitrogens with zero attached hydrogens (tertiary/aromatic N) is 1. The van der Waals surface area contributed by atoms with Gasteiger partial charge in [0.2, 0.25) is 0 Å². The Morgan fingerprint density at radius 1 is 1.12 bits per heavy atom. The highest BCUT2D eigenvalue weighted by Gasteiger charge is 2.07. The molecule has 0 aliphatic heterocycles. The van der Waals surface area contributed by atoms with Crippen LogP contribution in [0.25, 0.3) is 10.9 Å². The normalized spacial score (nSPS) is 10.5. The van der Waals surface area contributed by atoms with Crippen molar-refractivity contribution in [1.29, 1.82) is 0 Å². The molecule has 24 heavy (non-hydrogen) atoms. The van der Waals surface area contributed by atoms with Crippen LogP contribution >= 0.6 is 0 Å². The number of methoxy groups -OCH3 is 1. The van der Waals surface area contributed by atoms with E-state index in [-0.39, 0.29) is 12.4 Å². The number of para-hydroxylation sites is 1. The summed E-state index contributed by atoms with van der Waals surface area (Å²) in [5.41, 5.74) is 9.02. The summed E-state index contributed by atoms with van der Waals surface area (Å²) in [7, 11) is 1.36. The van der Waals surface area contributed by atoms with Crippen molar-refractivity contribution in [2.75, 3.05) is 12.8 Å². The molecule has 0 saturated carbocycles. The molecule has 2 aromatic carbocycles. The molecule has 0 bridgehead atoms. The van der Waals surface area contributed by atoms with Crippen molar-refractivity contribution < 1.29 is 14.3 Å². The maximum atomic E-state index is 11.3. The monoisotopic (exact) mass is 322 g/mol. The minimum atomic E-state index is -0.302. The van der Waals surface area contributed by atoms with E-state index in [2.05, 4.69) is 9.72 Å². The molecule has 0 radical (unpaired) electrons. The van der Waals surface area contributed by atoms with E-state index >= 15 is 0 Å². The van der Waals surface area contributed by atoms with Gasteiger partial charge in [0.15, 0.2) is 0 Å². The van der Waals surface area contributed by atoms with Crippen LogP contribution in [0.1, 0.15) is 11.3 Å². The number of aromatic nitrogens is 1. The molecule has 0 amide bonds. The molecule has 0 saturated heterocycles. The quantitative estimate of drug-likeness (QED) is 0.577. The lowest BCUT2D eigenvalue weighted by Gasteiger charge is -2.10. The molecule has 1 aromatic heterocycles. The smallest absolute Gasteiger partial charge is 0.309 e. The first-order valence-electron chi connectivity index (χ1n) is 7.58. The van der Waals surface area contributed by atoms with Crippen molar-refractivity contribution in [1.82, 2.24) is 4.98 Å². The van der Waals surface area contributed by atoms with Crippen LogP contribution in [-0.2, 0) is 22.6 Å². The molecule has 122 valence electrons. The van der Waals surface area contributed by atoms with Crippen LogP contribution in [0.5, 0.6) is 5.75 Å². The summed E-state index contributed by atoms with van der Waals surface area (Å²) >= 11 is 0. The Morgan fingerprint density at radius 3 is 2.75 bits per heavy atom. The Balaban J connectivity index is 1.70. The van der Waals surface area contributed by atoms with Gasteiger partial charge in [-0.25, -0.2) is 4.98 Å². The van der Waals surface area contributed by atoms with E-state index in [1.165, 1.54) is 7.11 Å². The molecule has 0 aliphatic rings. The van der Waals surface area contributed by atoms with Crippen LogP contribution in [-0.4, -0.2) is 18.1 Å². The molecular formula is C19H18N2O3. The third-order valence-electron chi connectivity index (χ3n) is 3.68. The SMILES string of the molecule is COC(=O)Cc1ccc(OCc2ccc3ccccc3n2)c(N)c1. The van der Waals surface area contributed by atoms with Gasteiger partial charge in [-0.1, -0.05) is 30.3 Å². The van der Waals surface area contributed by atoms with Gasteiger partial charge in [0.1, 0.15) is 12.4 Å². The lowest BCUT2D eigenvalue weighted by Crippen LogP contribution is -2.06. The average molecular weight is 322 g/mol. The number of carbonyl (C=O) groups excluding carboxylic acids is 1. The number of hydrogen-bond acceptors (Lipinski definition) is 5. The van der Waals surface area contributed by atoms with Gasteiger partial charge in [0.25, 0.3) is 0 Å². The zero-order valence-corrected chi connectivity index (χ0v) is 13.4. The molecule has 1 heterocycles. The van der Waals surface area contributed by atoms with Gasteiger partial charge in [0.05, 0.1) is 30.4 Å². The van der Waals surface area contributed by atoms with Gasteiger partial charge in [-0.2, -0.15) is 0 Å². The van der Waals surface area contributed by atoms with Crippen molar-refractivity contribution >= 4 is 22.6 Å². The summed E-state index contributed by atoms with van der Waals surface area (Å²) in [4.78, 5) is 15.9. The van der Waals surface area contributed by atoms with Gasteiger partial charge in [0, 0.05) is 5.39 Å². The fourth-order valence-corrected chi connectivity index (χ4v) is 2.42. The van der Waals surface area contributed by atoms with Crippen LogP contribution in [0, 0.1) is 0 Å². The van der Waals surface area contributed by atoms with Crippen molar-refractivity contribution in [2.45, 2.75) is 13.0 Å². The van der Waals surface area contributed by atoms with Gasteiger partial charge in [-0.15, -0.1) is 0 Å². The predicted octanol–water partition coefficient (Wildman–Crippen LogP) is 3.11. The molecule has 3 aromatic rings. The number of benzene rings is 2. The third kappa shape index (κ3) is 3.63. The molecular weight excluding hydrogens is 304 g/mol. The molecule has 5 heteroatoms. The minimum absolute atomic E-state index is 0.188. The highest BCUT2D eigenvalue weighted by molar-refractivity contribution is 5.78. The number of fused-ring (bicyclic) bond motifs is 1. The number of ether oxygens (including phenoxy) is 2. The Kier molecular flexibility index (Phi) is 4.61. The van der Waals surface area contributed by atoms with E-state index in [0.29, 0.717) is 18.0 Å². The van der Waals surface area contributed by atoms with E-state index in [4.69, 9.17) is 10.5 Å². The van der Waals surface area contributed by atoms with Crippen molar-refractivity contribution in [3.05, 3.63) is 65.9 Å². The van der Waals surface area contributed by atoms with Crippen LogP contribution in [0.4, 0.5) is 5.69 Å². The zero-order chi connectivity index (χ0) is 16.9. The maximum Gasteiger partial charge on any atom is 0.309 e. The molecule has 0 atom stereocenters. The lowest BCUT2D eigenvalue weighted by molar-refractivity contribution is -0.139. The van der Waals surface area contributed by atoms with Crippen molar-refractivity contribution in [2.24, 2.45) is 0 Å². The second kappa shape index (κ2) is 7.00. The second-order valence-electron chi connectivity index (χ2n) is 5.41. The van der Waals surface area contributed by atoms with Gasteiger partial charge >= 0.3 is 5.97 Å². The van der Waals surface area contributed by atoms with Gasteiger partial charge in [-0.05, 0) is 29.8 Å². The summed E-state index contributed by atoms with van der Waals surface area (Å²) in [6, 6.07) is 17.2. The first kappa shape index (κ1) is 15.8. The fourth-order valence-electron chi connectivity index (χ4n) is 2.42. The number of rotatable bonds is 5. The average Bonchev–Trinajstić information content (AvgIpc) is 2.60. The molecule has 0 aliphatic carbocycles. The zero-order valence-electron chi connectivity index (χ0n) is 13.4. The summed E-state index contributed by atoms with van der Waals surface area (Å²) < 4.78 is 10.4. The third-order valence-corrected chi connectivity index (χ3v) is 3.68. The molecule has 0 fully saturated rings. The standard InChI is InChI=1S/C19H18N2O3/c1-23-19(22)11-13-6-9-18(16(20)10-13)24-12-15-8-7-14-4-2-3-5-17(14)21-15/h2-10H,11-12,20H2,1H3. The number of carbonyl (C=O) groups is 1. The fraction of sp³-hybridized carbons (Fsp3) is 0.158. The minimum Gasteiger partial charge on any atom is -0.485 e.